The largest absolute Gasteiger partial charge is 0.456 e. The van der Waals surface area contributed by atoms with E-state index in [9.17, 15) is 0 Å². The van der Waals surface area contributed by atoms with E-state index >= 15 is 0 Å². The zero-order valence-electron chi connectivity index (χ0n) is 33.3. The third-order valence-corrected chi connectivity index (χ3v) is 12.4. The van der Waals surface area contributed by atoms with Crippen LogP contribution in [0.4, 0.5) is 0 Å². The standard InChI is InChI=1S/C60H38O/c1-3-15-39(16-4-1)43-30-33-56-54(37-43)55-38-44(31-34-57(55)61-56)42-20-13-22-46(35-42)59-50-25-9-11-27-52(50)60(53-28-12-10-26-51(53)59)47-23-14-21-45(36-47)49-32-29-40-17-7-8-24-48(40)58(49)41-18-5-2-6-19-41/h1-38H. The van der Waals surface area contributed by atoms with Crippen molar-refractivity contribution in [3.8, 4) is 66.8 Å². The molecule has 0 saturated carbocycles. The fourth-order valence-corrected chi connectivity index (χ4v) is 9.64. The summed E-state index contributed by atoms with van der Waals surface area (Å²) < 4.78 is 6.35. The van der Waals surface area contributed by atoms with Gasteiger partial charge in [0.15, 0.2) is 0 Å². The quantitative estimate of drug-likeness (QED) is 0.153. The maximum absolute atomic E-state index is 6.35. The minimum absolute atomic E-state index is 0.897. The van der Waals surface area contributed by atoms with Crippen molar-refractivity contribution in [3.05, 3.63) is 231 Å². The average Bonchev–Trinajstić information content (AvgIpc) is 3.71. The summed E-state index contributed by atoms with van der Waals surface area (Å²) in [5.41, 5.74) is 16.3. The average molecular weight is 775 g/mol. The minimum Gasteiger partial charge on any atom is -0.456 e. The lowest BCUT2D eigenvalue weighted by Gasteiger charge is -2.19. The van der Waals surface area contributed by atoms with E-state index in [0.29, 0.717) is 0 Å². The molecule has 0 unspecified atom stereocenters. The predicted molar refractivity (Wildman–Crippen MR) is 259 cm³/mol. The summed E-state index contributed by atoms with van der Waals surface area (Å²) in [5, 5.41) is 9.70. The summed E-state index contributed by atoms with van der Waals surface area (Å²) in [5.74, 6) is 0. The van der Waals surface area contributed by atoms with Crippen LogP contribution in [0.5, 0.6) is 0 Å². The van der Waals surface area contributed by atoms with Crippen LogP contribution in [0.2, 0.25) is 0 Å². The fraction of sp³-hybridized carbons (Fsp3) is 0. The third kappa shape index (κ3) is 5.93. The van der Waals surface area contributed by atoms with E-state index in [1.807, 2.05) is 0 Å². The molecule has 0 radical (unpaired) electrons. The van der Waals surface area contributed by atoms with E-state index < -0.39 is 0 Å². The highest BCUT2D eigenvalue weighted by atomic mass is 16.3. The maximum atomic E-state index is 6.35. The van der Waals surface area contributed by atoms with Crippen molar-refractivity contribution in [1.82, 2.24) is 0 Å². The molecule has 0 amide bonds. The van der Waals surface area contributed by atoms with Crippen LogP contribution in [-0.2, 0) is 0 Å². The molecule has 1 nitrogen and oxygen atoms in total. The number of fused-ring (bicyclic) bond motifs is 6. The van der Waals surface area contributed by atoms with Crippen LogP contribution in [0, 0.1) is 0 Å². The van der Waals surface area contributed by atoms with Crippen LogP contribution in [0.25, 0.3) is 121 Å². The number of hydrogen-bond acceptors (Lipinski definition) is 1. The molecule has 0 aliphatic carbocycles. The Morgan fingerprint density at radius 2 is 0.639 bits per heavy atom. The summed E-state index contributed by atoms with van der Waals surface area (Å²) in [7, 11) is 0. The molecule has 0 atom stereocenters. The van der Waals surface area contributed by atoms with Gasteiger partial charge in [0.05, 0.1) is 0 Å². The molecule has 1 aromatic heterocycles. The second-order valence-electron chi connectivity index (χ2n) is 16.0. The molecule has 1 heteroatoms. The number of hydrogen-bond donors (Lipinski definition) is 0. The van der Waals surface area contributed by atoms with Gasteiger partial charge in [-0.25, -0.2) is 0 Å². The van der Waals surface area contributed by atoms with Crippen molar-refractivity contribution in [2.75, 3.05) is 0 Å². The molecule has 0 aliphatic heterocycles. The van der Waals surface area contributed by atoms with Gasteiger partial charge < -0.3 is 4.42 Å². The first-order chi connectivity index (χ1) is 30.2. The molecule has 284 valence electrons. The molecule has 12 rings (SSSR count). The smallest absolute Gasteiger partial charge is 0.135 e. The van der Waals surface area contributed by atoms with Crippen LogP contribution in [0.1, 0.15) is 0 Å². The second kappa shape index (κ2) is 14.4. The Bertz CT molecular complexity index is 3570. The van der Waals surface area contributed by atoms with Crippen molar-refractivity contribution in [2.24, 2.45) is 0 Å². The number of rotatable bonds is 6. The summed E-state index contributed by atoms with van der Waals surface area (Å²) in [6, 6.07) is 83.8. The summed E-state index contributed by atoms with van der Waals surface area (Å²) in [6.07, 6.45) is 0. The molecule has 0 fully saturated rings. The Labute approximate surface area is 354 Å². The molecule has 12 aromatic rings. The van der Waals surface area contributed by atoms with Crippen molar-refractivity contribution in [3.63, 3.8) is 0 Å². The van der Waals surface area contributed by atoms with Crippen molar-refractivity contribution in [2.45, 2.75) is 0 Å². The first-order valence-electron chi connectivity index (χ1n) is 21.0. The van der Waals surface area contributed by atoms with Crippen molar-refractivity contribution >= 4 is 54.3 Å². The molecular weight excluding hydrogens is 737 g/mol. The zero-order valence-corrected chi connectivity index (χ0v) is 33.3. The monoisotopic (exact) mass is 774 g/mol. The van der Waals surface area contributed by atoms with Gasteiger partial charge in [-0.2, -0.15) is 0 Å². The normalized spacial score (nSPS) is 11.6. The SMILES string of the molecule is c1ccc(-c2ccc3oc4ccc(-c5cccc(-c6c7ccccc7c(-c7cccc(-c8ccc9ccccc9c8-c8ccccc8)c7)c7ccccc67)c5)cc4c3c2)cc1. The topological polar surface area (TPSA) is 13.1 Å². The molecule has 0 N–H and O–H groups in total. The van der Waals surface area contributed by atoms with Gasteiger partial charge in [0.1, 0.15) is 11.2 Å². The van der Waals surface area contributed by atoms with Crippen molar-refractivity contribution in [1.29, 1.82) is 0 Å². The van der Waals surface area contributed by atoms with E-state index in [1.165, 1.54) is 93.5 Å². The van der Waals surface area contributed by atoms with Gasteiger partial charge >= 0.3 is 0 Å². The zero-order chi connectivity index (χ0) is 40.3. The molecule has 0 aliphatic rings. The summed E-state index contributed by atoms with van der Waals surface area (Å²) in [4.78, 5) is 0. The predicted octanol–water partition coefficient (Wildman–Crippen LogP) is 17.0. The Balaban J connectivity index is 1.01. The van der Waals surface area contributed by atoms with Gasteiger partial charge in [-0.3, -0.25) is 0 Å². The lowest BCUT2D eigenvalue weighted by Crippen LogP contribution is -1.92. The molecule has 0 spiro atoms. The van der Waals surface area contributed by atoms with Crippen LogP contribution in [0.15, 0.2) is 235 Å². The maximum Gasteiger partial charge on any atom is 0.135 e. The molecule has 61 heavy (non-hydrogen) atoms. The van der Waals surface area contributed by atoms with Gasteiger partial charge in [-0.05, 0) is 135 Å². The lowest BCUT2D eigenvalue weighted by atomic mass is 9.84. The van der Waals surface area contributed by atoms with Crippen LogP contribution < -0.4 is 0 Å². The molecule has 0 bridgehead atoms. The van der Waals surface area contributed by atoms with Gasteiger partial charge in [0.25, 0.3) is 0 Å². The van der Waals surface area contributed by atoms with Crippen LogP contribution in [0.3, 0.4) is 0 Å². The Kier molecular flexibility index (Phi) is 8.25. The number of benzene rings is 11. The van der Waals surface area contributed by atoms with Crippen LogP contribution in [-0.4, -0.2) is 0 Å². The first kappa shape index (κ1) is 35.0. The van der Waals surface area contributed by atoms with E-state index in [2.05, 4.69) is 231 Å². The molecule has 11 aromatic carbocycles. The third-order valence-electron chi connectivity index (χ3n) is 12.4. The van der Waals surface area contributed by atoms with Crippen LogP contribution >= 0.6 is 0 Å². The number of furan rings is 1. The second-order valence-corrected chi connectivity index (χ2v) is 16.0. The van der Waals surface area contributed by atoms with E-state index in [4.69, 9.17) is 4.42 Å². The fourth-order valence-electron chi connectivity index (χ4n) is 9.64. The molecular formula is C60H38O. The Morgan fingerprint density at radius 3 is 1.23 bits per heavy atom. The highest BCUT2D eigenvalue weighted by Gasteiger charge is 2.19. The molecule has 1 heterocycles. The summed E-state index contributed by atoms with van der Waals surface area (Å²) >= 11 is 0. The van der Waals surface area contributed by atoms with E-state index in [1.54, 1.807) is 0 Å². The van der Waals surface area contributed by atoms with E-state index in [0.717, 1.165) is 27.5 Å². The Morgan fingerprint density at radius 1 is 0.213 bits per heavy atom. The molecule has 0 saturated heterocycles. The summed E-state index contributed by atoms with van der Waals surface area (Å²) in [6.45, 7) is 0. The van der Waals surface area contributed by atoms with Gasteiger partial charge in [0, 0.05) is 10.8 Å². The van der Waals surface area contributed by atoms with Gasteiger partial charge in [-0.15, -0.1) is 0 Å². The first-order valence-corrected chi connectivity index (χ1v) is 21.0. The van der Waals surface area contributed by atoms with Crippen molar-refractivity contribution < 1.29 is 4.42 Å². The van der Waals surface area contributed by atoms with Gasteiger partial charge in [0.2, 0.25) is 0 Å². The lowest BCUT2D eigenvalue weighted by molar-refractivity contribution is 0.669. The Hall–Kier alpha value is -8.00. The van der Waals surface area contributed by atoms with E-state index in [-0.39, 0.29) is 0 Å². The highest BCUT2D eigenvalue weighted by Crippen LogP contribution is 2.46. The minimum atomic E-state index is 0.897. The van der Waals surface area contributed by atoms with Gasteiger partial charge in [-0.1, -0.05) is 194 Å². The highest BCUT2D eigenvalue weighted by molar-refractivity contribution is 6.22.